The summed E-state index contributed by atoms with van der Waals surface area (Å²) in [4.78, 5) is 78.8. The number of hydrogen-bond donors (Lipinski definition) is 0. The van der Waals surface area contributed by atoms with Gasteiger partial charge in [0, 0.05) is 5.41 Å². The zero-order chi connectivity index (χ0) is 75.3. The van der Waals surface area contributed by atoms with E-state index in [9.17, 15) is 33.6 Å². The van der Waals surface area contributed by atoms with Gasteiger partial charge in [-0.05, 0) is 201 Å². The van der Waals surface area contributed by atoms with Crippen LogP contribution in [0.5, 0.6) is 0 Å². The van der Waals surface area contributed by atoms with Crippen LogP contribution in [0, 0.1) is 37.9 Å². The van der Waals surface area contributed by atoms with Gasteiger partial charge in [0.15, 0.2) is 0 Å². The van der Waals surface area contributed by atoms with Gasteiger partial charge in [0.2, 0.25) is 0 Å². The summed E-state index contributed by atoms with van der Waals surface area (Å²) < 4.78 is 71.7. The van der Waals surface area contributed by atoms with Crippen LogP contribution < -0.4 is 0 Å². The van der Waals surface area contributed by atoms with Crippen molar-refractivity contribution in [1.82, 2.24) is 0 Å². The smallest absolute Gasteiger partial charge is 0.434 e. The first-order chi connectivity index (χ1) is 44.8. The maximum absolute atomic E-state index is 11.6. The SMILES string of the molecule is C.C.C.C.C.C.C.CC(C)(C)C(C)(C)OC(=O)OC1CC1.CC(C)(C)COC(=O)OC1CC1.CC(C)(C)COC(=O)OC1CCCC1.CC(OC(=O)OC1CC1)C(C)(C)C.CC(OC(=O)OC1CCCC1)C(C)(C)C.CCC(OC(=O)OC1CC1)C(C)(C)C.CCC(OC(=O)OC1CCCC1)C(C)(C)C. The summed E-state index contributed by atoms with van der Waals surface area (Å²) in [5.74, 6) is 0. The Bertz CT molecular complexity index is 2300. The van der Waals surface area contributed by atoms with Gasteiger partial charge < -0.3 is 66.3 Å². The van der Waals surface area contributed by atoms with Crippen molar-refractivity contribution in [3.63, 3.8) is 0 Å². The second kappa shape index (κ2) is 52.1. The summed E-state index contributed by atoms with van der Waals surface area (Å²) in [5, 5.41) is 0. The molecule has 0 amide bonds. The van der Waals surface area contributed by atoms with Gasteiger partial charge in [-0.1, -0.05) is 211 Å². The Labute approximate surface area is 644 Å². The fraction of sp³-hybridized carbons (Fsp3) is 0.917. The Morgan fingerprint density at radius 3 is 0.667 bits per heavy atom. The van der Waals surface area contributed by atoms with E-state index >= 15 is 0 Å². The van der Waals surface area contributed by atoms with Crippen LogP contribution in [0.15, 0.2) is 0 Å². The van der Waals surface area contributed by atoms with E-state index in [-0.39, 0.29) is 157 Å². The van der Waals surface area contributed by atoms with E-state index in [1.54, 1.807) is 0 Å². The van der Waals surface area contributed by atoms with Crippen molar-refractivity contribution in [3.05, 3.63) is 0 Å². The summed E-state index contributed by atoms with van der Waals surface area (Å²) in [7, 11) is 0. The van der Waals surface area contributed by atoms with Crippen molar-refractivity contribution in [2.75, 3.05) is 13.2 Å². The minimum Gasteiger partial charge on any atom is -0.434 e. The molecule has 0 aromatic heterocycles. The molecule has 7 aliphatic rings. The highest BCUT2D eigenvalue weighted by Gasteiger charge is 2.40. The third-order valence-electron chi connectivity index (χ3n) is 17.4. The molecule has 0 aromatic carbocycles. The Hall–Kier alpha value is -5.11. The minimum atomic E-state index is -0.535. The largest absolute Gasteiger partial charge is 0.509 e. The predicted molar refractivity (Wildman–Crippen MR) is 426 cm³/mol. The van der Waals surface area contributed by atoms with Gasteiger partial charge in [0.25, 0.3) is 0 Å². The van der Waals surface area contributed by atoms with Crippen LogP contribution in [0.2, 0.25) is 0 Å². The van der Waals surface area contributed by atoms with Crippen LogP contribution in [-0.4, -0.2) is 129 Å². The van der Waals surface area contributed by atoms with Crippen molar-refractivity contribution in [2.24, 2.45) is 37.9 Å². The van der Waals surface area contributed by atoms with Gasteiger partial charge >= 0.3 is 43.1 Å². The lowest BCUT2D eigenvalue weighted by Crippen LogP contribution is -2.41. The van der Waals surface area contributed by atoms with E-state index in [4.69, 9.17) is 66.3 Å². The van der Waals surface area contributed by atoms with Crippen LogP contribution in [0.3, 0.4) is 0 Å². The number of ether oxygens (including phenoxy) is 14. The zero-order valence-electron chi connectivity index (χ0n) is 66.4. The average Bonchev–Trinajstić information content (AvgIpc) is 1.68. The van der Waals surface area contributed by atoms with Crippen LogP contribution in [0.25, 0.3) is 0 Å². The molecule has 21 heteroatoms. The number of rotatable bonds is 16. The molecule has 4 unspecified atom stereocenters. The molecule has 4 atom stereocenters. The third kappa shape index (κ3) is 58.6. The molecular formula is C84H168O21. The van der Waals surface area contributed by atoms with Crippen LogP contribution in [0.1, 0.15) is 380 Å². The number of hydrogen-bond acceptors (Lipinski definition) is 21. The van der Waals surface area contributed by atoms with Crippen molar-refractivity contribution in [1.29, 1.82) is 0 Å². The van der Waals surface area contributed by atoms with Gasteiger partial charge in [0.05, 0.1) is 13.2 Å². The average molecular weight is 1510 g/mol. The Morgan fingerprint density at radius 2 is 0.486 bits per heavy atom. The molecule has 0 N–H and O–H groups in total. The van der Waals surface area contributed by atoms with Gasteiger partial charge in [0.1, 0.15) is 72.7 Å². The molecule has 7 saturated carbocycles. The van der Waals surface area contributed by atoms with Crippen molar-refractivity contribution >= 4 is 43.1 Å². The molecule has 105 heavy (non-hydrogen) atoms. The van der Waals surface area contributed by atoms with Gasteiger partial charge in [-0.2, -0.15) is 0 Å². The van der Waals surface area contributed by atoms with Gasteiger partial charge in [-0.3, -0.25) is 0 Å². The molecule has 7 fully saturated rings. The van der Waals surface area contributed by atoms with Crippen LogP contribution >= 0.6 is 0 Å². The molecule has 0 aromatic rings. The van der Waals surface area contributed by atoms with Crippen molar-refractivity contribution < 1.29 is 99.9 Å². The highest BCUT2D eigenvalue weighted by atomic mass is 16.8. The lowest BCUT2D eigenvalue weighted by Gasteiger charge is -2.37. The number of carbonyl (C=O) groups is 7. The Kier molecular flexibility index (Phi) is 56.2. The maximum atomic E-state index is 11.6. The molecule has 21 nitrogen and oxygen atoms in total. The molecule has 7 aliphatic carbocycles. The van der Waals surface area contributed by atoms with Gasteiger partial charge in [-0.25, -0.2) is 33.6 Å². The monoisotopic (exact) mass is 1510 g/mol. The third-order valence-corrected chi connectivity index (χ3v) is 17.4. The first-order valence-electron chi connectivity index (χ1n) is 36.9. The molecule has 0 spiro atoms. The van der Waals surface area contributed by atoms with Crippen LogP contribution in [0.4, 0.5) is 33.6 Å². The normalized spacial score (nSPS) is 17.5. The first kappa shape index (κ1) is 113. The molecule has 630 valence electrons. The van der Waals surface area contributed by atoms with Gasteiger partial charge in [-0.15, -0.1) is 0 Å². The van der Waals surface area contributed by atoms with Crippen molar-refractivity contribution in [3.8, 4) is 0 Å². The molecule has 0 saturated heterocycles. The summed E-state index contributed by atoms with van der Waals surface area (Å²) in [5.41, 5.74) is -0.663. The molecular weight excluding hydrogens is 1340 g/mol. The lowest BCUT2D eigenvalue weighted by atomic mass is 9.79. The molecule has 0 bridgehead atoms. The minimum absolute atomic E-state index is 0. The highest BCUT2D eigenvalue weighted by Crippen LogP contribution is 2.36. The first-order valence-corrected chi connectivity index (χ1v) is 36.9. The van der Waals surface area contributed by atoms with E-state index in [1.165, 1.54) is 0 Å². The maximum Gasteiger partial charge on any atom is 0.509 e. The predicted octanol–water partition coefficient (Wildman–Crippen LogP) is 26.3. The molecule has 0 heterocycles. The van der Waals surface area contributed by atoms with Crippen LogP contribution in [-0.2, 0) is 66.3 Å². The fourth-order valence-corrected chi connectivity index (χ4v) is 8.45. The Morgan fingerprint density at radius 1 is 0.286 bits per heavy atom. The lowest BCUT2D eigenvalue weighted by molar-refractivity contribution is -0.0739. The molecule has 0 radical (unpaired) electrons. The zero-order valence-corrected chi connectivity index (χ0v) is 66.4. The second-order valence-corrected chi connectivity index (χ2v) is 35.7. The number of carbonyl (C=O) groups excluding carboxylic acids is 7. The van der Waals surface area contributed by atoms with E-state index in [0.29, 0.717) is 13.2 Å². The second-order valence-electron chi connectivity index (χ2n) is 35.7. The summed E-state index contributed by atoms with van der Waals surface area (Å²) in [6.07, 6.45) is 19.2. The molecule has 0 aliphatic heterocycles. The Balaban J connectivity index is -0.000000211. The fourth-order valence-electron chi connectivity index (χ4n) is 8.45. The van der Waals surface area contributed by atoms with E-state index in [1.807, 2.05) is 145 Å². The quantitative estimate of drug-likeness (QED) is 0.103. The summed E-state index contributed by atoms with van der Waals surface area (Å²) in [6.45, 7) is 55.3. The van der Waals surface area contributed by atoms with E-state index in [2.05, 4.69) is 41.5 Å². The highest BCUT2D eigenvalue weighted by molar-refractivity contribution is 5.63. The summed E-state index contributed by atoms with van der Waals surface area (Å²) in [6, 6.07) is 0. The van der Waals surface area contributed by atoms with E-state index < -0.39 is 48.7 Å². The topological polar surface area (TPSA) is 249 Å². The summed E-state index contributed by atoms with van der Waals surface area (Å²) >= 11 is 0. The standard InChI is InChI=1S/C13H24O3.C12H22O3.3C11H20O3.C10H18O3.C9H16O3.7CH4/c1-5-11(13(2,3)4)16-12(14)15-10-8-6-7-9-10;1-9(12(2,3)4)14-11(13)15-10-7-5-6-8-10;1-10(2,3)11(4,5)14-9(12)13-8-6-7-8;1-11(2,3)8-13-10(12)14-9-6-4-5-7-9;1-5-9(11(2,3)4)14-10(12)13-8-6-7-8;1-7(10(2,3)4)12-9(11)13-8-5-6-8;1-9(2,3)6-11-8(10)12-7-4-5-7;;;;;;;/h10-11H,5-9H2,1-4H3;9-10H,5-8H2,1-4H3;8H,6-7H2,1-5H3;9H,4-8H2,1-3H3;8-9H,5-7H2,1-4H3;7-8H,5-6H2,1-4H3;7H,4-6H2,1-3H3;7*1H4. The van der Waals surface area contributed by atoms with Crippen molar-refractivity contribution in [2.45, 2.75) is 453 Å². The van der Waals surface area contributed by atoms with E-state index in [0.717, 1.165) is 141 Å². The molecule has 7 rings (SSSR count).